The Morgan fingerprint density at radius 1 is 0.900 bits per heavy atom. The van der Waals surface area contributed by atoms with E-state index in [1.54, 1.807) is 12.4 Å². The Balaban J connectivity index is 2.14. The number of hydrogen-bond donors (Lipinski definition) is 1. The van der Waals surface area contributed by atoms with Crippen LogP contribution in [0.3, 0.4) is 0 Å². The third-order valence-electron chi connectivity index (χ3n) is 3.35. The molecule has 0 atom stereocenters. The molecule has 0 aliphatic carbocycles. The van der Waals surface area contributed by atoms with Crippen molar-refractivity contribution < 1.29 is 0 Å². The normalized spacial score (nSPS) is 11.8. The SMILES string of the molecule is CC(C)CC(CC(C)C)Nc1ccc2nccnc2c1. The Labute approximate surface area is 121 Å². The van der Waals surface area contributed by atoms with Gasteiger partial charge in [0.25, 0.3) is 0 Å². The van der Waals surface area contributed by atoms with Gasteiger partial charge in [0.2, 0.25) is 0 Å². The number of anilines is 1. The lowest BCUT2D eigenvalue weighted by Gasteiger charge is -2.23. The lowest BCUT2D eigenvalue weighted by atomic mass is 9.95. The molecule has 1 aromatic heterocycles. The second-order valence-corrected chi connectivity index (χ2v) is 6.36. The molecule has 1 heterocycles. The average Bonchev–Trinajstić information content (AvgIpc) is 2.37. The van der Waals surface area contributed by atoms with E-state index in [-0.39, 0.29) is 0 Å². The molecular weight excluding hydrogens is 246 g/mol. The Hall–Kier alpha value is -1.64. The molecule has 20 heavy (non-hydrogen) atoms. The van der Waals surface area contributed by atoms with Crippen molar-refractivity contribution in [1.82, 2.24) is 9.97 Å². The van der Waals surface area contributed by atoms with Gasteiger partial charge in [0.1, 0.15) is 0 Å². The highest BCUT2D eigenvalue weighted by atomic mass is 14.9. The van der Waals surface area contributed by atoms with Crippen molar-refractivity contribution in [3.8, 4) is 0 Å². The summed E-state index contributed by atoms with van der Waals surface area (Å²) in [5.74, 6) is 1.40. The van der Waals surface area contributed by atoms with E-state index in [0.29, 0.717) is 17.9 Å². The largest absolute Gasteiger partial charge is 0.382 e. The molecule has 0 fully saturated rings. The van der Waals surface area contributed by atoms with Gasteiger partial charge in [0.05, 0.1) is 11.0 Å². The summed E-state index contributed by atoms with van der Waals surface area (Å²) in [5.41, 5.74) is 3.04. The van der Waals surface area contributed by atoms with Crippen LogP contribution in [-0.4, -0.2) is 16.0 Å². The van der Waals surface area contributed by atoms with E-state index < -0.39 is 0 Å². The van der Waals surface area contributed by atoms with Crippen molar-refractivity contribution in [3.63, 3.8) is 0 Å². The van der Waals surface area contributed by atoms with Gasteiger partial charge in [-0.2, -0.15) is 0 Å². The maximum absolute atomic E-state index is 4.37. The Bertz CT molecular complexity index is 539. The van der Waals surface area contributed by atoms with Crippen LogP contribution in [0.2, 0.25) is 0 Å². The number of benzene rings is 1. The van der Waals surface area contributed by atoms with E-state index in [1.165, 1.54) is 12.8 Å². The standard InChI is InChI=1S/C17H25N3/c1-12(2)9-15(10-13(3)4)20-14-5-6-16-17(11-14)19-8-7-18-16/h5-8,11-13,15,20H,9-10H2,1-4H3. The van der Waals surface area contributed by atoms with Crippen LogP contribution in [0.1, 0.15) is 40.5 Å². The van der Waals surface area contributed by atoms with E-state index in [2.05, 4.69) is 55.1 Å². The van der Waals surface area contributed by atoms with Gasteiger partial charge in [-0.1, -0.05) is 27.7 Å². The Morgan fingerprint density at radius 3 is 2.10 bits per heavy atom. The minimum absolute atomic E-state index is 0.518. The lowest BCUT2D eigenvalue weighted by molar-refractivity contribution is 0.442. The minimum atomic E-state index is 0.518. The highest BCUT2D eigenvalue weighted by Crippen LogP contribution is 2.21. The third kappa shape index (κ3) is 4.19. The molecule has 0 saturated carbocycles. The van der Waals surface area contributed by atoms with Crippen molar-refractivity contribution in [2.45, 2.75) is 46.6 Å². The number of rotatable bonds is 6. The first-order valence-electron chi connectivity index (χ1n) is 7.52. The topological polar surface area (TPSA) is 37.8 Å². The van der Waals surface area contributed by atoms with Crippen LogP contribution in [0.4, 0.5) is 5.69 Å². The number of fused-ring (bicyclic) bond motifs is 1. The summed E-state index contributed by atoms with van der Waals surface area (Å²) in [5, 5.41) is 3.67. The minimum Gasteiger partial charge on any atom is -0.382 e. The van der Waals surface area contributed by atoms with Gasteiger partial charge in [-0.15, -0.1) is 0 Å². The summed E-state index contributed by atoms with van der Waals surface area (Å²) in [6.45, 7) is 9.11. The van der Waals surface area contributed by atoms with Gasteiger partial charge in [-0.3, -0.25) is 9.97 Å². The Morgan fingerprint density at radius 2 is 1.50 bits per heavy atom. The van der Waals surface area contributed by atoms with Gasteiger partial charge in [-0.05, 0) is 42.9 Å². The van der Waals surface area contributed by atoms with Crippen LogP contribution in [0.25, 0.3) is 11.0 Å². The molecule has 3 heteroatoms. The molecular formula is C17H25N3. The van der Waals surface area contributed by atoms with E-state index in [1.807, 2.05) is 6.07 Å². The zero-order valence-electron chi connectivity index (χ0n) is 12.9. The van der Waals surface area contributed by atoms with Gasteiger partial charge in [0.15, 0.2) is 0 Å². The fraction of sp³-hybridized carbons (Fsp3) is 0.529. The van der Waals surface area contributed by atoms with Crippen molar-refractivity contribution in [2.24, 2.45) is 11.8 Å². The van der Waals surface area contributed by atoms with Gasteiger partial charge in [0, 0.05) is 24.1 Å². The van der Waals surface area contributed by atoms with E-state index in [9.17, 15) is 0 Å². The van der Waals surface area contributed by atoms with Crippen molar-refractivity contribution in [1.29, 1.82) is 0 Å². The summed E-state index contributed by atoms with van der Waals surface area (Å²) < 4.78 is 0. The molecule has 0 aliphatic heterocycles. The summed E-state index contributed by atoms with van der Waals surface area (Å²) in [4.78, 5) is 8.68. The third-order valence-corrected chi connectivity index (χ3v) is 3.35. The molecule has 2 aromatic rings. The number of hydrogen-bond acceptors (Lipinski definition) is 3. The van der Waals surface area contributed by atoms with E-state index in [0.717, 1.165) is 16.7 Å². The first-order chi connectivity index (χ1) is 9.54. The fourth-order valence-corrected chi connectivity index (χ4v) is 2.64. The average molecular weight is 271 g/mol. The van der Waals surface area contributed by atoms with Crippen molar-refractivity contribution in [2.75, 3.05) is 5.32 Å². The van der Waals surface area contributed by atoms with Crippen LogP contribution in [-0.2, 0) is 0 Å². The molecule has 0 spiro atoms. The fourth-order valence-electron chi connectivity index (χ4n) is 2.64. The molecule has 0 radical (unpaired) electrons. The highest BCUT2D eigenvalue weighted by molar-refractivity contribution is 5.78. The molecule has 0 amide bonds. The maximum atomic E-state index is 4.37. The van der Waals surface area contributed by atoms with Crippen molar-refractivity contribution >= 4 is 16.7 Å². The van der Waals surface area contributed by atoms with Gasteiger partial charge >= 0.3 is 0 Å². The van der Waals surface area contributed by atoms with E-state index >= 15 is 0 Å². The first kappa shape index (κ1) is 14.8. The lowest BCUT2D eigenvalue weighted by Crippen LogP contribution is -2.23. The summed E-state index contributed by atoms with van der Waals surface area (Å²) in [6.07, 6.45) is 5.86. The summed E-state index contributed by atoms with van der Waals surface area (Å²) >= 11 is 0. The van der Waals surface area contributed by atoms with Crippen LogP contribution >= 0.6 is 0 Å². The summed E-state index contributed by atoms with van der Waals surface area (Å²) in [7, 11) is 0. The quantitative estimate of drug-likeness (QED) is 0.840. The summed E-state index contributed by atoms with van der Waals surface area (Å²) in [6, 6.07) is 6.75. The molecule has 0 saturated heterocycles. The van der Waals surface area contributed by atoms with Crippen LogP contribution in [0.15, 0.2) is 30.6 Å². The maximum Gasteiger partial charge on any atom is 0.0907 e. The van der Waals surface area contributed by atoms with Crippen LogP contribution < -0.4 is 5.32 Å². The molecule has 0 bridgehead atoms. The Kier molecular flexibility index (Phi) is 4.94. The second kappa shape index (κ2) is 6.69. The zero-order chi connectivity index (χ0) is 14.5. The first-order valence-corrected chi connectivity index (χ1v) is 7.52. The molecule has 1 N–H and O–H groups in total. The van der Waals surface area contributed by atoms with Crippen LogP contribution in [0, 0.1) is 11.8 Å². The van der Waals surface area contributed by atoms with Gasteiger partial charge in [-0.25, -0.2) is 0 Å². The predicted molar refractivity (Wildman–Crippen MR) is 85.9 cm³/mol. The monoisotopic (exact) mass is 271 g/mol. The number of nitrogens with one attached hydrogen (secondary N) is 1. The smallest absolute Gasteiger partial charge is 0.0907 e. The number of aromatic nitrogens is 2. The predicted octanol–water partition coefficient (Wildman–Crippen LogP) is 4.50. The van der Waals surface area contributed by atoms with Gasteiger partial charge < -0.3 is 5.32 Å². The zero-order valence-corrected chi connectivity index (χ0v) is 12.9. The molecule has 0 unspecified atom stereocenters. The molecule has 1 aromatic carbocycles. The number of nitrogens with zero attached hydrogens (tertiary/aromatic N) is 2. The second-order valence-electron chi connectivity index (χ2n) is 6.36. The molecule has 0 aliphatic rings. The van der Waals surface area contributed by atoms with Crippen LogP contribution in [0.5, 0.6) is 0 Å². The molecule has 3 nitrogen and oxygen atoms in total. The molecule has 2 rings (SSSR count). The van der Waals surface area contributed by atoms with Crippen molar-refractivity contribution in [3.05, 3.63) is 30.6 Å². The molecule has 108 valence electrons. The van der Waals surface area contributed by atoms with E-state index in [4.69, 9.17) is 0 Å². The highest BCUT2D eigenvalue weighted by Gasteiger charge is 2.13.